The van der Waals surface area contributed by atoms with Crippen LogP contribution in [0.1, 0.15) is 37.0 Å². The van der Waals surface area contributed by atoms with Crippen molar-refractivity contribution in [2.45, 2.75) is 32.7 Å². The third-order valence-electron chi connectivity index (χ3n) is 2.53. The maximum atomic E-state index is 12.1. The minimum atomic E-state index is -0.186. The van der Waals surface area contributed by atoms with Gasteiger partial charge in [0.2, 0.25) is 0 Å². The highest BCUT2D eigenvalue weighted by molar-refractivity contribution is 6.31. The van der Waals surface area contributed by atoms with E-state index < -0.39 is 0 Å². The number of carbonyl (C=O) groups excluding carboxylic acids is 1. The van der Waals surface area contributed by atoms with Crippen LogP contribution in [-0.4, -0.2) is 25.1 Å². The number of amides is 1. The van der Waals surface area contributed by atoms with E-state index in [4.69, 9.17) is 22.1 Å². The summed E-state index contributed by atoms with van der Waals surface area (Å²) in [5.74, 6) is 0.374. The van der Waals surface area contributed by atoms with Gasteiger partial charge in [0.15, 0.2) is 0 Å². The Hall–Kier alpha value is -1.26. The van der Waals surface area contributed by atoms with Crippen LogP contribution in [0.5, 0.6) is 5.75 Å². The van der Waals surface area contributed by atoms with Crippen LogP contribution in [0, 0.1) is 0 Å². The molecule has 1 aromatic carbocycles. The van der Waals surface area contributed by atoms with Crippen molar-refractivity contribution in [1.29, 1.82) is 0 Å². The molecule has 0 heterocycles. The van der Waals surface area contributed by atoms with Gasteiger partial charge in [-0.2, -0.15) is 0 Å². The zero-order chi connectivity index (χ0) is 14.3. The summed E-state index contributed by atoms with van der Waals surface area (Å²) in [6.07, 6.45) is 1.62. The van der Waals surface area contributed by atoms with Gasteiger partial charge in [-0.25, -0.2) is 0 Å². The van der Waals surface area contributed by atoms with E-state index in [1.54, 1.807) is 18.2 Å². The summed E-state index contributed by atoms with van der Waals surface area (Å²) in [6, 6.07) is 5.12. The second-order valence-corrected chi connectivity index (χ2v) is 4.95. The number of ether oxygens (including phenoxy) is 1. The molecule has 1 rings (SSSR count). The first-order valence-corrected chi connectivity index (χ1v) is 6.88. The van der Waals surface area contributed by atoms with Crippen LogP contribution in [0.4, 0.5) is 0 Å². The average molecular weight is 285 g/mol. The van der Waals surface area contributed by atoms with Gasteiger partial charge in [-0.1, -0.05) is 18.5 Å². The Morgan fingerprint density at radius 3 is 2.89 bits per heavy atom. The Morgan fingerprint density at radius 1 is 1.53 bits per heavy atom. The normalized spacial score (nSPS) is 12.0. The number of nitrogens with two attached hydrogens (primary N) is 1. The molecule has 1 aromatic rings. The summed E-state index contributed by atoms with van der Waals surface area (Å²) in [7, 11) is 0. The number of rotatable bonds is 7. The minimum absolute atomic E-state index is 0.0653. The zero-order valence-electron chi connectivity index (χ0n) is 11.4. The topological polar surface area (TPSA) is 64.3 Å². The van der Waals surface area contributed by atoms with Crippen molar-refractivity contribution in [1.82, 2.24) is 5.32 Å². The van der Waals surface area contributed by atoms with Crippen molar-refractivity contribution in [3.05, 3.63) is 28.8 Å². The SMILES string of the molecule is CCCOc1ccc(Cl)cc1C(=O)NCCC(C)N. The molecule has 106 valence electrons. The van der Waals surface area contributed by atoms with Gasteiger partial charge in [-0.15, -0.1) is 0 Å². The molecule has 0 spiro atoms. The predicted molar refractivity (Wildman–Crippen MR) is 77.8 cm³/mol. The van der Waals surface area contributed by atoms with E-state index in [2.05, 4.69) is 5.32 Å². The van der Waals surface area contributed by atoms with Gasteiger partial charge in [0.05, 0.1) is 12.2 Å². The van der Waals surface area contributed by atoms with Gasteiger partial charge in [0.25, 0.3) is 5.91 Å². The molecule has 3 N–H and O–H groups in total. The standard InChI is InChI=1S/C14H21ClN2O2/c1-3-8-19-13-5-4-11(15)9-12(13)14(18)17-7-6-10(2)16/h4-5,9-10H,3,6-8,16H2,1-2H3,(H,17,18). The Morgan fingerprint density at radius 2 is 2.26 bits per heavy atom. The number of hydrogen-bond donors (Lipinski definition) is 2. The van der Waals surface area contributed by atoms with Crippen molar-refractivity contribution < 1.29 is 9.53 Å². The van der Waals surface area contributed by atoms with Crippen LogP contribution >= 0.6 is 11.6 Å². The lowest BCUT2D eigenvalue weighted by Gasteiger charge is -2.12. The van der Waals surface area contributed by atoms with E-state index in [9.17, 15) is 4.79 Å². The lowest BCUT2D eigenvalue weighted by Crippen LogP contribution is -2.29. The quantitative estimate of drug-likeness (QED) is 0.809. The smallest absolute Gasteiger partial charge is 0.255 e. The van der Waals surface area contributed by atoms with Gasteiger partial charge in [-0.05, 0) is 38.0 Å². The first kappa shape index (κ1) is 15.8. The number of halogens is 1. The summed E-state index contributed by atoms with van der Waals surface area (Å²) < 4.78 is 5.55. The fourth-order valence-corrected chi connectivity index (χ4v) is 1.70. The fourth-order valence-electron chi connectivity index (χ4n) is 1.53. The molecule has 0 aliphatic carbocycles. The fraction of sp³-hybridized carbons (Fsp3) is 0.500. The van der Waals surface area contributed by atoms with E-state index in [0.29, 0.717) is 29.5 Å². The van der Waals surface area contributed by atoms with Crippen molar-refractivity contribution in [3.63, 3.8) is 0 Å². The number of benzene rings is 1. The minimum Gasteiger partial charge on any atom is -0.493 e. The molecular weight excluding hydrogens is 264 g/mol. The molecule has 0 saturated carbocycles. The van der Waals surface area contributed by atoms with Crippen LogP contribution in [0.25, 0.3) is 0 Å². The number of hydrogen-bond acceptors (Lipinski definition) is 3. The molecule has 0 saturated heterocycles. The molecule has 5 heteroatoms. The predicted octanol–water partition coefficient (Wildman–Crippen LogP) is 2.60. The molecule has 4 nitrogen and oxygen atoms in total. The summed E-state index contributed by atoms with van der Waals surface area (Å²) in [5, 5.41) is 3.33. The number of nitrogens with one attached hydrogen (secondary N) is 1. The van der Waals surface area contributed by atoms with E-state index >= 15 is 0 Å². The Labute approximate surface area is 119 Å². The molecule has 1 atom stereocenters. The molecule has 0 bridgehead atoms. The van der Waals surface area contributed by atoms with Crippen LogP contribution in [0.15, 0.2) is 18.2 Å². The first-order chi connectivity index (χ1) is 9.04. The van der Waals surface area contributed by atoms with Crippen molar-refractivity contribution in [2.75, 3.05) is 13.2 Å². The molecule has 1 amide bonds. The van der Waals surface area contributed by atoms with Crippen molar-refractivity contribution in [2.24, 2.45) is 5.73 Å². The van der Waals surface area contributed by atoms with Crippen molar-refractivity contribution >= 4 is 17.5 Å². The maximum absolute atomic E-state index is 12.1. The second kappa shape index (κ2) is 8.02. The summed E-state index contributed by atoms with van der Waals surface area (Å²) in [5.41, 5.74) is 6.10. The molecule has 0 radical (unpaired) electrons. The largest absolute Gasteiger partial charge is 0.493 e. The molecular formula is C14H21ClN2O2. The lowest BCUT2D eigenvalue weighted by molar-refractivity contribution is 0.0948. The highest BCUT2D eigenvalue weighted by Gasteiger charge is 2.13. The Kier molecular flexibility index (Phi) is 6.67. The highest BCUT2D eigenvalue weighted by atomic mass is 35.5. The lowest BCUT2D eigenvalue weighted by atomic mass is 10.1. The third-order valence-corrected chi connectivity index (χ3v) is 2.77. The van der Waals surface area contributed by atoms with Gasteiger partial charge >= 0.3 is 0 Å². The van der Waals surface area contributed by atoms with Gasteiger partial charge in [0, 0.05) is 17.6 Å². The third kappa shape index (κ3) is 5.49. The summed E-state index contributed by atoms with van der Waals surface area (Å²) >= 11 is 5.92. The second-order valence-electron chi connectivity index (χ2n) is 4.51. The zero-order valence-corrected chi connectivity index (χ0v) is 12.2. The molecule has 0 fully saturated rings. The summed E-state index contributed by atoms with van der Waals surface area (Å²) in [6.45, 7) is 5.03. The summed E-state index contributed by atoms with van der Waals surface area (Å²) in [4.78, 5) is 12.1. The van der Waals surface area contributed by atoms with E-state index in [1.807, 2.05) is 13.8 Å². The van der Waals surface area contributed by atoms with E-state index in [-0.39, 0.29) is 11.9 Å². The van der Waals surface area contributed by atoms with Crippen molar-refractivity contribution in [3.8, 4) is 5.75 Å². The molecule has 0 aliphatic rings. The number of carbonyl (C=O) groups is 1. The van der Waals surface area contributed by atoms with Crippen LogP contribution < -0.4 is 15.8 Å². The first-order valence-electron chi connectivity index (χ1n) is 6.50. The maximum Gasteiger partial charge on any atom is 0.255 e. The Bertz CT molecular complexity index is 422. The monoisotopic (exact) mass is 284 g/mol. The van der Waals surface area contributed by atoms with E-state index in [0.717, 1.165) is 12.8 Å². The molecule has 0 aromatic heterocycles. The Balaban J connectivity index is 2.72. The average Bonchev–Trinajstić information content (AvgIpc) is 2.36. The van der Waals surface area contributed by atoms with Gasteiger partial charge in [-0.3, -0.25) is 4.79 Å². The van der Waals surface area contributed by atoms with Crippen LogP contribution in [-0.2, 0) is 0 Å². The van der Waals surface area contributed by atoms with Crippen LogP contribution in [0.3, 0.4) is 0 Å². The van der Waals surface area contributed by atoms with E-state index in [1.165, 1.54) is 0 Å². The highest BCUT2D eigenvalue weighted by Crippen LogP contribution is 2.23. The molecule has 0 aliphatic heterocycles. The van der Waals surface area contributed by atoms with Gasteiger partial charge < -0.3 is 15.8 Å². The molecule has 1 unspecified atom stereocenters. The van der Waals surface area contributed by atoms with Gasteiger partial charge in [0.1, 0.15) is 5.75 Å². The molecule has 19 heavy (non-hydrogen) atoms. The van der Waals surface area contributed by atoms with Crippen LogP contribution in [0.2, 0.25) is 5.02 Å².